The zero-order chi connectivity index (χ0) is 17.5. The van der Waals surface area contributed by atoms with Crippen LogP contribution in [0, 0.1) is 20.8 Å². The van der Waals surface area contributed by atoms with Gasteiger partial charge in [0.1, 0.15) is 12.4 Å². The lowest BCUT2D eigenvalue weighted by Crippen LogP contribution is -2.38. The molecule has 0 aliphatic rings. The van der Waals surface area contributed by atoms with Crippen LogP contribution in [0.5, 0.6) is 0 Å². The SMILES string of the molecule is CCNC(=NCc1nnc(C)n1C)NCCCn1nc(C)cc1C.I. The molecule has 0 amide bonds. The van der Waals surface area contributed by atoms with Crippen LogP contribution in [0.15, 0.2) is 11.1 Å². The van der Waals surface area contributed by atoms with Gasteiger partial charge in [0, 0.05) is 32.4 Å². The summed E-state index contributed by atoms with van der Waals surface area (Å²) < 4.78 is 4.00. The number of aliphatic imine (C=N–C) groups is 1. The lowest BCUT2D eigenvalue weighted by atomic mass is 10.4. The maximum Gasteiger partial charge on any atom is 0.191 e. The molecule has 25 heavy (non-hydrogen) atoms. The molecule has 2 heterocycles. The fourth-order valence-corrected chi connectivity index (χ4v) is 2.42. The predicted octanol–water partition coefficient (Wildman–Crippen LogP) is 1.70. The number of halogens is 1. The van der Waals surface area contributed by atoms with Crippen molar-refractivity contribution in [1.29, 1.82) is 0 Å². The van der Waals surface area contributed by atoms with Crippen molar-refractivity contribution in [2.75, 3.05) is 13.1 Å². The fraction of sp³-hybridized carbons (Fsp3) is 0.625. The highest BCUT2D eigenvalue weighted by Crippen LogP contribution is 2.02. The first-order valence-electron chi connectivity index (χ1n) is 8.39. The molecule has 0 saturated carbocycles. The number of nitrogens with zero attached hydrogens (tertiary/aromatic N) is 6. The number of aryl methyl sites for hydroxylation is 4. The van der Waals surface area contributed by atoms with Gasteiger partial charge in [-0.3, -0.25) is 4.68 Å². The zero-order valence-corrected chi connectivity index (χ0v) is 18.0. The molecular formula is C16H29IN8. The van der Waals surface area contributed by atoms with E-state index in [-0.39, 0.29) is 24.0 Å². The van der Waals surface area contributed by atoms with Gasteiger partial charge in [0.2, 0.25) is 0 Å². The van der Waals surface area contributed by atoms with Gasteiger partial charge in [-0.15, -0.1) is 34.2 Å². The van der Waals surface area contributed by atoms with Gasteiger partial charge in [0.25, 0.3) is 0 Å². The van der Waals surface area contributed by atoms with E-state index in [1.54, 1.807) is 0 Å². The molecule has 140 valence electrons. The van der Waals surface area contributed by atoms with Crippen LogP contribution in [0.3, 0.4) is 0 Å². The molecule has 0 unspecified atom stereocenters. The Labute approximate surface area is 166 Å². The lowest BCUT2D eigenvalue weighted by Gasteiger charge is -2.11. The average Bonchev–Trinajstić information content (AvgIpc) is 3.03. The average molecular weight is 460 g/mol. The Bertz CT molecular complexity index is 688. The van der Waals surface area contributed by atoms with Crippen molar-refractivity contribution < 1.29 is 0 Å². The number of nitrogens with one attached hydrogen (secondary N) is 2. The summed E-state index contributed by atoms with van der Waals surface area (Å²) in [6.07, 6.45) is 0.982. The maximum absolute atomic E-state index is 4.57. The van der Waals surface area contributed by atoms with Crippen LogP contribution in [0.2, 0.25) is 0 Å². The molecule has 2 aromatic rings. The molecule has 0 spiro atoms. The van der Waals surface area contributed by atoms with E-state index in [4.69, 9.17) is 0 Å². The Hall–Kier alpha value is -1.65. The van der Waals surface area contributed by atoms with E-state index in [2.05, 4.69) is 50.8 Å². The topological polar surface area (TPSA) is 85.0 Å². The van der Waals surface area contributed by atoms with E-state index >= 15 is 0 Å². The van der Waals surface area contributed by atoms with Crippen LogP contribution >= 0.6 is 24.0 Å². The third-order valence-corrected chi connectivity index (χ3v) is 3.85. The van der Waals surface area contributed by atoms with Crippen molar-refractivity contribution in [1.82, 2.24) is 35.2 Å². The highest BCUT2D eigenvalue weighted by molar-refractivity contribution is 14.0. The normalized spacial score (nSPS) is 11.3. The van der Waals surface area contributed by atoms with E-state index in [9.17, 15) is 0 Å². The van der Waals surface area contributed by atoms with Gasteiger partial charge in [-0.25, -0.2) is 4.99 Å². The minimum absolute atomic E-state index is 0. The highest BCUT2D eigenvalue weighted by atomic mass is 127. The summed E-state index contributed by atoms with van der Waals surface area (Å²) in [6, 6.07) is 2.10. The van der Waals surface area contributed by atoms with Crippen LogP contribution in [0.1, 0.15) is 36.4 Å². The Morgan fingerprint density at radius 2 is 1.96 bits per heavy atom. The van der Waals surface area contributed by atoms with E-state index in [1.165, 1.54) is 5.69 Å². The second kappa shape index (κ2) is 10.4. The molecule has 2 rings (SSSR count). The van der Waals surface area contributed by atoms with Gasteiger partial charge in [0.15, 0.2) is 11.8 Å². The smallest absolute Gasteiger partial charge is 0.191 e. The Morgan fingerprint density at radius 3 is 2.52 bits per heavy atom. The molecule has 0 aliphatic carbocycles. The maximum atomic E-state index is 4.57. The molecule has 0 aliphatic heterocycles. The summed E-state index contributed by atoms with van der Waals surface area (Å²) in [6.45, 7) is 11.2. The molecular weight excluding hydrogens is 431 g/mol. The number of hydrogen-bond donors (Lipinski definition) is 2. The molecule has 0 fully saturated rings. The van der Waals surface area contributed by atoms with E-state index < -0.39 is 0 Å². The van der Waals surface area contributed by atoms with Crippen molar-refractivity contribution in [3.05, 3.63) is 29.1 Å². The third-order valence-electron chi connectivity index (χ3n) is 3.85. The molecule has 0 bridgehead atoms. The summed E-state index contributed by atoms with van der Waals surface area (Å²) in [5.74, 6) is 2.54. The number of rotatable bonds is 7. The van der Waals surface area contributed by atoms with E-state index in [0.29, 0.717) is 6.54 Å². The van der Waals surface area contributed by atoms with Crippen LogP contribution in [-0.4, -0.2) is 43.6 Å². The van der Waals surface area contributed by atoms with Crippen molar-refractivity contribution >= 4 is 29.9 Å². The summed E-state index contributed by atoms with van der Waals surface area (Å²) in [5.41, 5.74) is 2.26. The van der Waals surface area contributed by atoms with Crippen molar-refractivity contribution in [2.45, 2.75) is 47.2 Å². The molecule has 0 aromatic carbocycles. The van der Waals surface area contributed by atoms with Crippen LogP contribution in [0.25, 0.3) is 0 Å². The number of hydrogen-bond acceptors (Lipinski definition) is 4. The predicted molar refractivity (Wildman–Crippen MR) is 110 cm³/mol. The fourth-order valence-electron chi connectivity index (χ4n) is 2.42. The van der Waals surface area contributed by atoms with Crippen molar-refractivity contribution in [3.63, 3.8) is 0 Å². The number of aromatic nitrogens is 5. The first-order valence-corrected chi connectivity index (χ1v) is 8.39. The third kappa shape index (κ3) is 6.29. The largest absolute Gasteiger partial charge is 0.357 e. The quantitative estimate of drug-likeness (QED) is 0.285. The molecule has 0 atom stereocenters. The van der Waals surface area contributed by atoms with Gasteiger partial charge in [-0.1, -0.05) is 0 Å². The van der Waals surface area contributed by atoms with Crippen LogP contribution < -0.4 is 10.6 Å². The van der Waals surface area contributed by atoms with Gasteiger partial charge in [-0.05, 0) is 40.2 Å². The summed E-state index contributed by atoms with van der Waals surface area (Å²) in [4.78, 5) is 4.57. The van der Waals surface area contributed by atoms with E-state index in [1.807, 2.05) is 30.1 Å². The first kappa shape index (κ1) is 21.4. The number of guanidine groups is 1. The Kier molecular flexibility index (Phi) is 8.87. The molecule has 2 N–H and O–H groups in total. The first-order chi connectivity index (χ1) is 11.5. The minimum atomic E-state index is 0. The highest BCUT2D eigenvalue weighted by Gasteiger charge is 2.05. The van der Waals surface area contributed by atoms with Crippen LogP contribution in [-0.2, 0) is 20.1 Å². The van der Waals surface area contributed by atoms with Crippen LogP contribution in [0.4, 0.5) is 0 Å². The second-order valence-electron chi connectivity index (χ2n) is 5.85. The monoisotopic (exact) mass is 460 g/mol. The molecule has 8 nitrogen and oxygen atoms in total. The molecule has 2 aromatic heterocycles. The minimum Gasteiger partial charge on any atom is -0.357 e. The molecule has 0 saturated heterocycles. The molecule has 9 heteroatoms. The Morgan fingerprint density at radius 1 is 1.20 bits per heavy atom. The van der Waals surface area contributed by atoms with Crippen molar-refractivity contribution in [2.24, 2.45) is 12.0 Å². The lowest BCUT2D eigenvalue weighted by molar-refractivity contribution is 0.555. The van der Waals surface area contributed by atoms with Gasteiger partial charge in [-0.2, -0.15) is 5.10 Å². The van der Waals surface area contributed by atoms with Crippen molar-refractivity contribution in [3.8, 4) is 0 Å². The second-order valence-corrected chi connectivity index (χ2v) is 5.85. The standard InChI is InChI=1S/C16H28N8.HI/c1-6-17-16(19-11-15-21-20-14(4)23(15)5)18-8-7-9-24-13(3)10-12(2)22-24;/h10H,6-9,11H2,1-5H3,(H2,17,18,19);1H. The summed E-state index contributed by atoms with van der Waals surface area (Å²) >= 11 is 0. The van der Waals surface area contributed by atoms with Gasteiger partial charge < -0.3 is 15.2 Å². The van der Waals surface area contributed by atoms with Gasteiger partial charge in [0.05, 0.1) is 5.69 Å². The Balaban J connectivity index is 0.00000312. The van der Waals surface area contributed by atoms with E-state index in [0.717, 1.165) is 49.4 Å². The zero-order valence-electron chi connectivity index (χ0n) is 15.7. The summed E-state index contributed by atoms with van der Waals surface area (Å²) in [7, 11) is 1.95. The molecule has 0 radical (unpaired) electrons. The van der Waals surface area contributed by atoms with Gasteiger partial charge >= 0.3 is 0 Å². The summed E-state index contributed by atoms with van der Waals surface area (Å²) in [5, 5.41) is 19.3.